The summed E-state index contributed by atoms with van der Waals surface area (Å²) in [6.07, 6.45) is 4.46. The number of rotatable bonds is 5. The van der Waals surface area contributed by atoms with Crippen LogP contribution in [0.25, 0.3) is 0 Å². The van der Waals surface area contributed by atoms with Crippen molar-refractivity contribution in [2.24, 2.45) is 23.2 Å². The third-order valence-electron chi connectivity index (χ3n) is 8.30. The number of hydrogen-bond acceptors (Lipinski definition) is 2. The maximum Gasteiger partial charge on any atom is 0.416 e. The van der Waals surface area contributed by atoms with Crippen LogP contribution in [0.1, 0.15) is 62.5 Å². The highest BCUT2D eigenvalue weighted by molar-refractivity contribution is 5.91. The van der Waals surface area contributed by atoms with Crippen molar-refractivity contribution in [2.45, 2.75) is 70.0 Å². The molecule has 1 atom stereocenters. The zero-order chi connectivity index (χ0) is 22.5. The molecule has 2 amide bonds. The van der Waals surface area contributed by atoms with Gasteiger partial charge in [-0.15, -0.1) is 0 Å². The average molecular weight is 449 g/mol. The zero-order valence-electron chi connectivity index (χ0n) is 18.3. The van der Waals surface area contributed by atoms with Gasteiger partial charge in [-0.25, -0.2) is 0 Å². The molecule has 1 saturated heterocycles. The van der Waals surface area contributed by atoms with Gasteiger partial charge in [-0.1, -0.05) is 12.1 Å². The molecular weight excluding hydrogens is 417 g/mol. The smallest absolute Gasteiger partial charge is 0.354 e. The number of carbonyl (C=O) groups is 2. The Hall–Kier alpha value is -2.05. The number of benzene rings is 1. The van der Waals surface area contributed by atoms with Gasteiger partial charge in [0.25, 0.3) is 0 Å². The summed E-state index contributed by atoms with van der Waals surface area (Å²) in [7, 11) is 0. The third kappa shape index (κ3) is 4.03. The Morgan fingerprint density at radius 2 is 1.59 bits per heavy atom. The highest BCUT2D eigenvalue weighted by atomic mass is 19.4. The van der Waals surface area contributed by atoms with E-state index in [-0.39, 0.29) is 17.2 Å². The summed E-state index contributed by atoms with van der Waals surface area (Å²) in [4.78, 5) is 28.4. The Labute approximate surface area is 186 Å². The molecule has 4 nitrogen and oxygen atoms in total. The number of halogens is 3. The Bertz CT molecular complexity index is 845. The van der Waals surface area contributed by atoms with Crippen LogP contribution in [0.3, 0.4) is 0 Å². The summed E-state index contributed by atoms with van der Waals surface area (Å²) in [6, 6.07) is 4.63. The average Bonchev–Trinajstić information content (AvgIpc) is 3.22. The van der Waals surface area contributed by atoms with Crippen molar-refractivity contribution in [2.75, 3.05) is 13.1 Å². The van der Waals surface area contributed by atoms with Crippen LogP contribution in [0.5, 0.6) is 0 Å². The maximum atomic E-state index is 13.7. The summed E-state index contributed by atoms with van der Waals surface area (Å²) < 4.78 is 38.1. The van der Waals surface area contributed by atoms with Crippen LogP contribution in [0, 0.1) is 23.2 Å². The van der Waals surface area contributed by atoms with E-state index in [2.05, 4.69) is 5.32 Å². The van der Waals surface area contributed by atoms with Crippen LogP contribution in [-0.2, 0) is 22.2 Å². The molecule has 4 bridgehead atoms. The van der Waals surface area contributed by atoms with E-state index in [9.17, 15) is 22.8 Å². The van der Waals surface area contributed by atoms with Crippen molar-refractivity contribution in [3.63, 3.8) is 0 Å². The summed E-state index contributed by atoms with van der Waals surface area (Å²) in [6.45, 7) is 0.998. The number of carbonyl (C=O) groups excluding carboxylic acids is 2. The first kappa shape index (κ1) is 21.8. The molecule has 1 N–H and O–H groups in total. The molecular formula is C25H31F3N2O2. The van der Waals surface area contributed by atoms with Gasteiger partial charge in [0.05, 0.1) is 11.0 Å². The molecule has 32 heavy (non-hydrogen) atoms. The monoisotopic (exact) mass is 448 g/mol. The van der Waals surface area contributed by atoms with Crippen molar-refractivity contribution < 1.29 is 22.8 Å². The Morgan fingerprint density at radius 3 is 2.16 bits per heavy atom. The van der Waals surface area contributed by atoms with Crippen molar-refractivity contribution in [3.05, 3.63) is 35.4 Å². The van der Waals surface area contributed by atoms with Gasteiger partial charge in [0, 0.05) is 13.1 Å². The Morgan fingerprint density at radius 1 is 1.00 bits per heavy atom. The lowest BCUT2D eigenvalue weighted by atomic mass is 9.49. The largest absolute Gasteiger partial charge is 0.416 e. The van der Waals surface area contributed by atoms with E-state index < -0.39 is 17.8 Å². The number of alkyl halides is 3. The second kappa shape index (κ2) is 8.07. The number of nitrogens with one attached hydrogen (secondary N) is 1. The zero-order valence-corrected chi connectivity index (χ0v) is 18.3. The van der Waals surface area contributed by atoms with Crippen LogP contribution < -0.4 is 5.32 Å². The molecule has 0 radical (unpaired) electrons. The van der Waals surface area contributed by atoms with Gasteiger partial charge in [0.15, 0.2) is 0 Å². The molecule has 5 fully saturated rings. The number of nitrogens with zero attached hydrogens (tertiary/aromatic N) is 1. The highest BCUT2D eigenvalue weighted by Crippen LogP contribution is 2.60. The predicted molar refractivity (Wildman–Crippen MR) is 113 cm³/mol. The molecule has 7 heteroatoms. The van der Waals surface area contributed by atoms with Crippen molar-refractivity contribution in [3.8, 4) is 0 Å². The fraction of sp³-hybridized carbons (Fsp3) is 0.680. The Balaban J connectivity index is 1.18. The summed E-state index contributed by atoms with van der Waals surface area (Å²) >= 11 is 0. The van der Waals surface area contributed by atoms with Gasteiger partial charge in [-0.05, 0) is 93.2 Å². The quantitative estimate of drug-likeness (QED) is 0.717. The Kier molecular flexibility index (Phi) is 5.49. The second-order valence-electron chi connectivity index (χ2n) is 10.6. The van der Waals surface area contributed by atoms with Crippen LogP contribution in [0.15, 0.2) is 24.3 Å². The minimum absolute atomic E-state index is 0.132. The molecule has 4 saturated carbocycles. The van der Waals surface area contributed by atoms with Gasteiger partial charge in [-0.2, -0.15) is 13.2 Å². The number of hydrogen-bond donors (Lipinski definition) is 1. The molecule has 174 valence electrons. The van der Waals surface area contributed by atoms with E-state index in [0.29, 0.717) is 43.7 Å². The van der Waals surface area contributed by atoms with Crippen molar-refractivity contribution in [1.82, 2.24) is 10.2 Å². The first-order chi connectivity index (χ1) is 15.2. The minimum Gasteiger partial charge on any atom is -0.354 e. The number of amides is 2. The maximum absolute atomic E-state index is 13.7. The molecule has 0 unspecified atom stereocenters. The second-order valence-corrected chi connectivity index (χ2v) is 10.6. The lowest BCUT2D eigenvalue weighted by Gasteiger charge is -2.56. The van der Waals surface area contributed by atoms with Crippen LogP contribution in [-0.4, -0.2) is 35.8 Å². The summed E-state index contributed by atoms with van der Waals surface area (Å²) in [5.41, 5.74) is -0.168. The van der Waals surface area contributed by atoms with E-state index in [1.807, 2.05) is 4.90 Å². The predicted octanol–water partition coefficient (Wildman–Crippen LogP) is 4.57. The lowest BCUT2D eigenvalue weighted by Crippen LogP contribution is -2.57. The summed E-state index contributed by atoms with van der Waals surface area (Å²) in [5.74, 6) is 2.13. The van der Waals surface area contributed by atoms with E-state index in [0.717, 1.165) is 43.4 Å². The molecule has 1 aliphatic heterocycles. The first-order valence-electron chi connectivity index (χ1n) is 12.0. The molecule has 6 rings (SSSR count). The van der Waals surface area contributed by atoms with E-state index >= 15 is 0 Å². The molecule has 0 aromatic heterocycles. The SMILES string of the molecule is O=C(NCCc1ccc(C(F)(F)F)cc1)[C@@H]1CCCN1C(=O)C12CC3CC(CC(C3)C1)C2. The van der Waals surface area contributed by atoms with E-state index in [1.54, 1.807) is 0 Å². The standard InChI is InChI=1S/C25H31F3N2O2/c26-25(27,28)20-5-3-16(4-6-20)7-8-29-22(31)21-2-1-9-30(21)23(32)24-13-17-10-18(14-24)12-19(11-17)15-24/h3-6,17-19,21H,1-2,7-15H2,(H,29,31)/t17?,18?,19?,21-,24?/m0/s1. The minimum atomic E-state index is -4.35. The van der Waals surface area contributed by atoms with E-state index in [4.69, 9.17) is 0 Å². The van der Waals surface area contributed by atoms with Crippen molar-refractivity contribution >= 4 is 11.8 Å². The first-order valence-corrected chi connectivity index (χ1v) is 12.0. The molecule has 1 heterocycles. The topological polar surface area (TPSA) is 49.4 Å². The highest BCUT2D eigenvalue weighted by Gasteiger charge is 2.56. The molecule has 5 aliphatic rings. The van der Waals surface area contributed by atoms with Crippen LogP contribution in [0.2, 0.25) is 0 Å². The van der Waals surface area contributed by atoms with Gasteiger partial charge < -0.3 is 10.2 Å². The molecule has 0 spiro atoms. The van der Waals surface area contributed by atoms with Crippen LogP contribution >= 0.6 is 0 Å². The summed E-state index contributed by atoms with van der Waals surface area (Å²) in [5, 5.41) is 2.92. The molecule has 1 aromatic rings. The third-order valence-corrected chi connectivity index (χ3v) is 8.30. The lowest BCUT2D eigenvalue weighted by molar-refractivity contribution is -0.160. The number of likely N-dealkylation sites (tertiary alicyclic amines) is 1. The van der Waals surface area contributed by atoms with Gasteiger partial charge >= 0.3 is 6.18 Å². The fourth-order valence-electron chi connectivity index (χ4n) is 7.27. The fourth-order valence-corrected chi connectivity index (χ4v) is 7.27. The van der Waals surface area contributed by atoms with E-state index in [1.165, 1.54) is 31.4 Å². The molecule has 1 aromatic carbocycles. The van der Waals surface area contributed by atoms with Gasteiger partial charge in [0.2, 0.25) is 11.8 Å². The molecule has 4 aliphatic carbocycles. The van der Waals surface area contributed by atoms with Gasteiger partial charge in [-0.3, -0.25) is 9.59 Å². The van der Waals surface area contributed by atoms with Crippen LogP contribution in [0.4, 0.5) is 13.2 Å². The van der Waals surface area contributed by atoms with Gasteiger partial charge in [0.1, 0.15) is 6.04 Å². The van der Waals surface area contributed by atoms with Crippen molar-refractivity contribution in [1.29, 1.82) is 0 Å². The normalized spacial score (nSPS) is 33.5.